The van der Waals surface area contributed by atoms with Crippen molar-refractivity contribution in [1.82, 2.24) is 4.98 Å². The zero-order chi connectivity index (χ0) is 12.4. The summed E-state index contributed by atoms with van der Waals surface area (Å²) in [7, 11) is 0. The van der Waals surface area contributed by atoms with Crippen LogP contribution in [0.1, 0.15) is 5.56 Å². The summed E-state index contributed by atoms with van der Waals surface area (Å²) in [5.74, 6) is 0.678. The fourth-order valence-corrected chi connectivity index (χ4v) is 2.03. The van der Waals surface area contributed by atoms with Crippen molar-refractivity contribution in [2.24, 2.45) is 0 Å². The quantitative estimate of drug-likeness (QED) is 0.686. The second-order valence-corrected chi connectivity index (χ2v) is 4.29. The Hall–Kier alpha value is -1.84. The third-order valence-electron chi connectivity index (χ3n) is 2.94. The second-order valence-electron chi connectivity index (χ2n) is 4.29. The van der Waals surface area contributed by atoms with Crippen LogP contribution in [0, 0.1) is 0 Å². The Balaban J connectivity index is 0.00000133. The molecule has 3 N–H and O–H groups in total. The van der Waals surface area contributed by atoms with Crippen molar-refractivity contribution in [3.8, 4) is 11.5 Å². The van der Waals surface area contributed by atoms with E-state index in [1.807, 2.05) is 36.4 Å². The van der Waals surface area contributed by atoms with Gasteiger partial charge in [-0.3, -0.25) is 0 Å². The Morgan fingerprint density at radius 3 is 2.58 bits per heavy atom. The molecule has 19 heavy (non-hydrogen) atoms. The van der Waals surface area contributed by atoms with E-state index in [1.54, 1.807) is 0 Å². The molecule has 2 aromatic carbocycles. The van der Waals surface area contributed by atoms with E-state index in [-0.39, 0.29) is 12.4 Å². The van der Waals surface area contributed by atoms with Gasteiger partial charge in [-0.05, 0) is 29.8 Å². The number of oxazole rings is 1. The molecule has 0 saturated heterocycles. The summed E-state index contributed by atoms with van der Waals surface area (Å²) < 4.78 is 5.81. The number of quaternary nitrogens is 1. The van der Waals surface area contributed by atoms with Gasteiger partial charge in [-0.25, -0.2) is 4.98 Å². The van der Waals surface area contributed by atoms with Crippen molar-refractivity contribution < 1.29 is 22.6 Å². The average molecular weight is 275 g/mol. The third-order valence-corrected chi connectivity index (χ3v) is 2.94. The lowest BCUT2D eigenvalue weighted by Crippen LogP contribution is -3.00. The van der Waals surface area contributed by atoms with Gasteiger partial charge in [0.25, 0.3) is 0 Å². The van der Waals surface area contributed by atoms with Gasteiger partial charge in [0.05, 0.1) is 6.54 Å². The van der Waals surface area contributed by atoms with E-state index in [4.69, 9.17) is 4.42 Å². The Morgan fingerprint density at radius 1 is 1.05 bits per heavy atom. The van der Waals surface area contributed by atoms with Crippen LogP contribution in [0.3, 0.4) is 0 Å². The van der Waals surface area contributed by atoms with Crippen LogP contribution in [-0.4, -0.2) is 11.5 Å². The smallest absolute Gasteiger partial charge is 0.227 e. The largest absolute Gasteiger partial charge is 1.00 e. The molecule has 4 heteroatoms. The minimum absolute atomic E-state index is 0. The van der Waals surface area contributed by atoms with Gasteiger partial charge in [0.2, 0.25) is 5.89 Å². The Morgan fingerprint density at radius 2 is 1.84 bits per heavy atom. The number of aromatic nitrogens is 1. The Kier molecular flexibility index (Phi) is 4.20. The summed E-state index contributed by atoms with van der Waals surface area (Å²) in [6.07, 6.45) is 0.970. The lowest BCUT2D eigenvalue weighted by molar-refractivity contribution is -0.366. The van der Waals surface area contributed by atoms with Crippen molar-refractivity contribution in [2.45, 2.75) is 6.42 Å². The van der Waals surface area contributed by atoms with Gasteiger partial charge >= 0.3 is 0 Å². The van der Waals surface area contributed by atoms with Gasteiger partial charge in [0, 0.05) is 12.0 Å². The molecule has 0 spiro atoms. The number of fused-ring (bicyclic) bond motifs is 1. The summed E-state index contributed by atoms with van der Waals surface area (Å²) in [5, 5.41) is 0. The highest BCUT2D eigenvalue weighted by atomic mass is 35.5. The molecule has 0 unspecified atom stereocenters. The molecular weight excluding hydrogens is 260 g/mol. The first-order valence-electron chi connectivity index (χ1n) is 6.11. The van der Waals surface area contributed by atoms with Gasteiger partial charge in [0.15, 0.2) is 5.58 Å². The molecule has 0 atom stereocenters. The van der Waals surface area contributed by atoms with Crippen LogP contribution in [0.5, 0.6) is 0 Å². The molecule has 0 aliphatic rings. The van der Waals surface area contributed by atoms with E-state index in [1.165, 1.54) is 5.56 Å². The van der Waals surface area contributed by atoms with Crippen LogP contribution in [0.2, 0.25) is 0 Å². The predicted molar refractivity (Wildman–Crippen MR) is 70.9 cm³/mol. The lowest BCUT2D eigenvalue weighted by Gasteiger charge is -1.94. The van der Waals surface area contributed by atoms with Crippen molar-refractivity contribution in [3.05, 3.63) is 54.1 Å². The third kappa shape index (κ3) is 2.78. The fourth-order valence-electron chi connectivity index (χ4n) is 2.03. The molecule has 1 aromatic heterocycles. The SMILES string of the molecule is [Cl-].[NH3+]CCc1ccc2nc(-c3ccccc3)oc2c1. The number of nitrogens with zero attached hydrogens (tertiary/aromatic N) is 1. The first-order valence-corrected chi connectivity index (χ1v) is 6.11. The summed E-state index contributed by atoms with van der Waals surface area (Å²) in [6.45, 7) is 0.894. The molecule has 3 aromatic rings. The summed E-state index contributed by atoms with van der Waals surface area (Å²) >= 11 is 0. The van der Waals surface area contributed by atoms with Crippen molar-refractivity contribution in [3.63, 3.8) is 0 Å². The van der Waals surface area contributed by atoms with Crippen LogP contribution in [0.25, 0.3) is 22.6 Å². The van der Waals surface area contributed by atoms with Crippen LogP contribution >= 0.6 is 0 Å². The zero-order valence-corrected chi connectivity index (χ0v) is 11.2. The minimum atomic E-state index is 0. The highest BCUT2D eigenvalue weighted by Gasteiger charge is 2.08. The van der Waals surface area contributed by atoms with E-state index in [0.717, 1.165) is 29.6 Å². The van der Waals surface area contributed by atoms with E-state index >= 15 is 0 Å². The number of rotatable bonds is 3. The molecule has 0 saturated carbocycles. The topological polar surface area (TPSA) is 53.7 Å². The first-order chi connectivity index (χ1) is 8.86. The molecule has 1 heterocycles. The predicted octanol–water partition coefficient (Wildman–Crippen LogP) is -0.717. The fraction of sp³-hybridized carbons (Fsp3) is 0.133. The van der Waals surface area contributed by atoms with Crippen LogP contribution in [0.15, 0.2) is 52.9 Å². The Labute approximate surface area is 117 Å². The first kappa shape index (κ1) is 13.6. The van der Waals surface area contributed by atoms with Gasteiger partial charge in [-0.1, -0.05) is 24.3 Å². The van der Waals surface area contributed by atoms with Crippen molar-refractivity contribution >= 4 is 11.1 Å². The number of benzene rings is 2. The van der Waals surface area contributed by atoms with E-state index in [9.17, 15) is 0 Å². The van der Waals surface area contributed by atoms with Gasteiger partial charge in [-0.15, -0.1) is 0 Å². The highest BCUT2D eigenvalue weighted by molar-refractivity contribution is 5.76. The average Bonchev–Trinajstić information content (AvgIpc) is 2.83. The lowest BCUT2D eigenvalue weighted by atomic mass is 10.1. The number of hydrogen-bond donors (Lipinski definition) is 1. The van der Waals surface area contributed by atoms with Crippen molar-refractivity contribution in [1.29, 1.82) is 0 Å². The summed E-state index contributed by atoms with van der Waals surface area (Å²) in [6, 6.07) is 16.1. The highest BCUT2D eigenvalue weighted by Crippen LogP contribution is 2.24. The molecule has 98 valence electrons. The van der Waals surface area contributed by atoms with E-state index in [2.05, 4.69) is 22.9 Å². The number of halogens is 1. The number of hydrogen-bond acceptors (Lipinski definition) is 2. The van der Waals surface area contributed by atoms with Gasteiger partial charge in [0.1, 0.15) is 5.52 Å². The van der Waals surface area contributed by atoms with Crippen LogP contribution < -0.4 is 18.1 Å². The summed E-state index contributed by atoms with van der Waals surface area (Å²) in [5.41, 5.74) is 7.87. The molecule has 3 rings (SSSR count). The normalized spacial score (nSPS) is 10.4. The van der Waals surface area contributed by atoms with Crippen LogP contribution in [0.4, 0.5) is 0 Å². The molecule has 3 nitrogen and oxygen atoms in total. The molecule has 0 fully saturated rings. The summed E-state index contributed by atoms with van der Waals surface area (Å²) in [4.78, 5) is 4.50. The molecule has 0 aliphatic heterocycles. The zero-order valence-electron chi connectivity index (χ0n) is 10.5. The standard InChI is InChI=1S/C15H14N2O.ClH/c16-9-8-11-6-7-13-14(10-11)18-15(17-13)12-4-2-1-3-5-12;/h1-7,10H,8-9,16H2;1H. The molecule has 0 amide bonds. The molecule has 0 aliphatic carbocycles. The molecule has 0 radical (unpaired) electrons. The minimum Gasteiger partial charge on any atom is -1.00 e. The van der Waals surface area contributed by atoms with E-state index < -0.39 is 0 Å². The van der Waals surface area contributed by atoms with E-state index in [0.29, 0.717) is 5.89 Å². The van der Waals surface area contributed by atoms with Gasteiger partial charge < -0.3 is 22.6 Å². The maximum absolute atomic E-state index is 5.81. The van der Waals surface area contributed by atoms with Gasteiger partial charge in [-0.2, -0.15) is 0 Å². The van der Waals surface area contributed by atoms with Crippen molar-refractivity contribution in [2.75, 3.05) is 6.54 Å². The maximum atomic E-state index is 5.81. The maximum Gasteiger partial charge on any atom is 0.227 e. The second kappa shape index (κ2) is 5.87. The monoisotopic (exact) mass is 274 g/mol. The Bertz CT molecular complexity index is 664. The molecule has 0 bridgehead atoms. The van der Waals surface area contributed by atoms with Crippen LogP contribution in [-0.2, 0) is 6.42 Å². The molecular formula is C15H15ClN2O.